The molecule has 0 saturated carbocycles. The van der Waals surface area contributed by atoms with Crippen LogP contribution in [0.2, 0.25) is 0 Å². The van der Waals surface area contributed by atoms with Crippen molar-refractivity contribution in [2.75, 3.05) is 19.0 Å². The number of methoxy groups -OCH3 is 1. The van der Waals surface area contributed by atoms with Crippen molar-refractivity contribution in [3.63, 3.8) is 0 Å². The summed E-state index contributed by atoms with van der Waals surface area (Å²) in [5.41, 5.74) is 1.95. The summed E-state index contributed by atoms with van der Waals surface area (Å²) < 4.78 is 33.3. The van der Waals surface area contributed by atoms with Crippen molar-refractivity contribution in [1.29, 1.82) is 0 Å². The van der Waals surface area contributed by atoms with Crippen LogP contribution < -0.4 is 10.1 Å². The van der Waals surface area contributed by atoms with Crippen LogP contribution >= 0.6 is 0 Å². The fourth-order valence-electron chi connectivity index (χ4n) is 3.56. The molecule has 154 valence electrons. The number of nitrogens with one attached hydrogen (secondary N) is 1. The maximum Gasteiger partial charge on any atom is 0.244 e. The fraction of sp³-hybridized carbons (Fsp3) is 0.318. The topological polar surface area (TPSA) is 75.7 Å². The van der Waals surface area contributed by atoms with Crippen molar-refractivity contribution in [2.24, 2.45) is 5.92 Å². The Balaban J connectivity index is 1.95. The van der Waals surface area contributed by atoms with Crippen molar-refractivity contribution >= 4 is 27.2 Å². The molecule has 7 heteroatoms. The van der Waals surface area contributed by atoms with Gasteiger partial charge in [0.25, 0.3) is 0 Å². The molecule has 1 heterocycles. The van der Waals surface area contributed by atoms with Gasteiger partial charge in [-0.2, -0.15) is 4.31 Å². The Bertz CT molecular complexity index is 1010. The average molecular weight is 415 g/mol. The Morgan fingerprint density at radius 3 is 2.41 bits per heavy atom. The van der Waals surface area contributed by atoms with E-state index in [1.807, 2.05) is 13.8 Å². The van der Waals surface area contributed by atoms with E-state index in [-0.39, 0.29) is 23.3 Å². The number of fused-ring (bicyclic) bond motifs is 1. The van der Waals surface area contributed by atoms with Gasteiger partial charge in [-0.25, -0.2) is 8.42 Å². The first-order chi connectivity index (χ1) is 13.8. The maximum atomic E-state index is 13.4. The van der Waals surface area contributed by atoms with Crippen molar-refractivity contribution in [3.05, 3.63) is 60.7 Å². The van der Waals surface area contributed by atoms with Gasteiger partial charge >= 0.3 is 0 Å². The SMILES string of the molecule is C=C1CCN([C@H](C(=O)Nc2ccc(OC)cc2)C(C)C)S(=O)(=O)c2ccccc21. The predicted molar refractivity (Wildman–Crippen MR) is 114 cm³/mol. The van der Waals surface area contributed by atoms with E-state index < -0.39 is 16.1 Å². The van der Waals surface area contributed by atoms with E-state index in [0.29, 0.717) is 23.4 Å². The lowest BCUT2D eigenvalue weighted by Crippen LogP contribution is -2.50. The number of carbonyl (C=O) groups excluding carboxylic acids is 1. The molecule has 1 aliphatic rings. The minimum atomic E-state index is -3.85. The quantitative estimate of drug-likeness (QED) is 0.808. The summed E-state index contributed by atoms with van der Waals surface area (Å²) >= 11 is 0. The summed E-state index contributed by atoms with van der Waals surface area (Å²) in [7, 11) is -2.29. The van der Waals surface area contributed by atoms with Gasteiger partial charge in [-0.05, 0) is 53.8 Å². The molecule has 3 rings (SSSR count). The van der Waals surface area contributed by atoms with Crippen LogP contribution in [0.3, 0.4) is 0 Å². The standard InChI is InChI=1S/C22H26N2O4S/c1-15(2)21(22(25)23-17-9-11-18(28-4)12-10-17)24-14-13-16(3)19-7-5-6-8-20(19)29(24,26)27/h5-12,15,21H,3,13-14H2,1-2,4H3,(H,23,25)/t21-/m0/s1. The van der Waals surface area contributed by atoms with Crippen molar-refractivity contribution in [1.82, 2.24) is 4.31 Å². The number of amides is 1. The summed E-state index contributed by atoms with van der Waals surface area (Å²) in [6.07, 6.45) is 0.468. The molecule has 0 saturated heterocycles. The summed E-state index contributed by atoms with van der Waals surface area (Å²) in [6.45, 7) is 7.94. The minimum Gasteiger partial charge on any atom is -0.497 e. The zero-order valence-corrected chi connectivity index (χ0v) is 17.7. The Hall–Kier alpha value is -2.64. The largest absolute Gasteiger partial charge is 0.497 e. The smallest absolute Gasteiger partial charge is 0.244 e. The van der Waals surface area contributed by atoms with Gasteiger partial charge in [-0.3, -0.25) is 4.79 Å². The third kappa shape index (κ3) is 4.21. The zero-order valence-electron chi connectivity index (χ0n) is 16.9. The average Bonchev–Trinajstić information content (AvgIpc) is 2.79. The Morgan fingerprint density at radius 2 is 1.79 bits per heavy atom. The number of rotatable bonds is 5. The summed E-state index contributed by atoms with van der Waals surface area (Å²) in [4.78, 5) is 13.3. The molecular formula is C22H26N2O4S. The van der Waals surface area contributed by atoms with E-state index in [1.54, 1.807) is 55.6 Å². The maximum absolute atomic E-state index is 13.4. The number of hydrogen-bond donors (Lipinski definition) is 1. The first-order valence-electron chi connectivity index (χ1n) is 9.49. The normalized spacial score (nSPS) is 17.3. The van der Waals surface area contributed by atoms with Crippen LogP contribution in [0.1, 0.15) is 25.8 Å². The molecule has 0 spiro atoms. The zero-order chi connectivity index (χ0) is 21.2. The van der Waals surface area contributed by atoms with E-state index >= 15 is 0 Å². The Kier molecular flexibility index (Phi) is 6.10. The molecule has 0 fully saturated rings. The molecule has 0 aromatic heterocycles. The second kappa shape index (κ2) is 8.39. The molecule has 6 nitrogen and oxygen atoms in total. The molecular weight excluding hydrogens is 388 g/mol. The Morgan fingerprint density at radius 1 is 1.14 bits per heavy atom. The number of anilines is 1. The summed E-state index contributed by atoms with van der Waals surface area (Å²) in [6, 6.07) is 12.9. The van der Waals surface area contributed by atoms with Crippen LogP contribution in [0.25, 0.3) is 5.57 Å². The highest BCUT2D eigenvalue weighted by atomic mass is 32.2. The van der Waals surface area contributed by atoms with Crippen LogP contribution in [-0.4, -0.2) is 38.3 Å². The van der Waals surface area contributed by atoms with Gasteiger partial charge in [-0.15, -0.1) is 0 Å². The monoisotopic (exact) mass is 414 g/mol. The third-order valence-corrected chi connectivity index (χ3v) is 7.00. The molecule has 1 N–H and O–H groups in total. The van der Waals surface area contributed by atoms with Crippen LogP contribution in [-0.2, 0) is 14.8 Å². The van der Waals surface area contributed by atoms with Gasteiger partial charge in [0.2, 0.25) is 15.9 Å². The minimum absolute atomic E-state index is 0.199. The van der Waals surface area contributed by atoms with Gasteiger partial charge in [0, 0.05) is 12.2 Å². The van der Waals surface area contributed by atoms with Crippen molar-refractivity contribution in [3.8, 4) is 5.75 Å². The lowest BCUT2D eigenvalue weighted by molar-refractivity contribution is -0.121. The highest BCUT2D eigenvalue weighted by molar-refractivity contribution is 7.89. The number of sulfonamides is 1. The molecule has 1 atom stereocenters. The van der Waals surface area contributed by atoms with E-state index in [9.17, 15) is 13.2 Å². The first-order valence-corrected chi connectivity index (χ1v) is 10.9. The van der Waals surface area contributed by atoms with Gasteiger partial charge in [0.05, 0.1) is 12.0 Å². The third-order valence-electron chi connectivity index (χ3n) is 5.06. The number of carbonyl (C=O) groups is 1. The van der Waals surface area contributed by atoms with E-state index in [2.05, 4.69) is 11.9 Å². The molecule has 0 radical (unpaired) electrons. The highest BCUT2D eigenvalue weighted by Crippen LogP contribution is 2.34. The summed E-state index contributed by atoms with van der Waals surface area (Å²) in [5, 5.41) is 2.84. The van der Waals surface area contributed by atoms with Crippen molar-refractivity contribution < 1.29 is 17.9 Å². The molecule has 2 aromatic rings. The first kappa shape index (κ1) is 21.1. The Labute approximate surface area is 172 Å². The molecule has 2 aromatic carbocycles. The van der Waals surface area contributed by atoms with Crippen LogP contribution in [0.4, 0.5) is 5.69 Å². The second-order valence-electron chi connectivity index (χ2n) is 7.37. The van der Waals surface area contributed by atoms with Crippen molar-refractivity contribution in [2.45, 2.75) is 31.2 Å². The van der Waals surface area contributed by atoms with Gasteiger partial charge in [0.1, 0.15) is 11.8 Å². The predicted octanol–water partition coefficient (Wildman–Crippen LogP) is 3.77. The van der Waals surface area contributed by atoms with E-state index in [1.165, 1.54) is 4.31 Å². The lowest BCUT2D eigenvalue weighted by Gasteiger charge is -2.31. The summed E-state index contributed by atoms with van der Waals surface area (Å²) in [5.74, 6) is 0.0916. The van der Waals surface area contributed by atoms with Crippen LogP contribution in [0.5, 0.6) is 5.75 Å². The number of hydrogen-bond acceptors (Lipinski definition) is 4. The number of benzene rings is 2. The molecule has 0 bridgehead atoms. The molecule has 0 unspecified atom stereocenters. The van der Waals surface area contributed by atoms with E-state index in [0.717, 1.165) is 5.57 Å². The fourth-order valence-corrected chi connectivity index (χ4v) is 5.52. The van der Waals surface area contributed by atoms with Gasteiger partial charge in [-0.1, -0.05) is 38.6 Å². The van der Waals surface area contributed by atoms with Crippen LogP contribution in [0.15, 0.2) is 60.0 Å². The van der Waals surface area contributed by atoms with Crippen LogP contribution in [0, 0.1) is 5.92 Å². The van der Waals surface area contributed by atoms with E-state index in [4.69, 9.17) is 4.74 Å². The molecule has 1 aliphatic heterocycles. The highest BCUT2D eigenvalue weighted by Gasteiger charge is 2.40. The number of nitrogens with zero attached hydrogens (tertiary/aromatic N) is 1. The second-order valence-corrected chi connectivity index (χ2v) is 9.23. The molecule has 1 amide bonds. The molecule has 0 aliphatic carbocycles. The van der Waals surface area contributed by atoms with Gasteiger partial charge in [0.15, 0.2) is 0 Å². The van der Waals surface area contributed by atoms with Gasteiger partial charge < -0.3 is 10.1 Å². The molecule has 29 heavy (non-hydrogen) atoms. The number of ether oxygens (including phenoxy) is 1. The lowest BCUT2D eigenvalue weighted by atomic mass is 10.0.